The number of H-pyrrole nitrogens is 1. The number of aromatic amines is 1. The Labute approximate surface area is 204 Å². The molecule has 1 fully saturated rings. The van der Waals surface area contributed by atoms with Gasteiger partial charge in [0, 0.05) is 30.9 Å². The highest BCUT2D eigenvalue weighted by molar-refractivity contribution is 5.92. The Hall–Kier alpha value is -4.47. The number of hydrogen-bond acceptors (Lipinski definition) is 5. The molecule has 3 heterocycles. The summed E-state index contributed by atoms with van der Waals surface area (Å²) in [6, 6.07) is 10.3. The van der Waals surface area contributed by atoms with Crippen LogP contribution in [0.3, 0.4) is 0 Å². The van der Waals surface area contributed by atoms with E-state index < -0.39 is 11.6 Å². The highest BCUT2D eigenvalue weighted by atomic mass is 19.2. The van der Waals surface area contributed by atoms with Crippen molar-refractivity contribution >= 4 is 22.6 Å². The fraction of sp³-hybridized carbons (Fsp3) is 0.192. The second-order valence-corrected chi connectivity index (χ2v) is 8.59. The van der Waals surface area contributed by atoms with Crippen molar-refractivity contribution in [2.75, 3.05) is 18.8 Å². The van der Waals surface area contributed by atoms with Crippen molar-refractivity contribution in [3.8, 4) is 17.2 Å². The molecule has 36 heavy (non-hydrogen) atoms. The van der Waals surface area contributed by atoms with Gasteiger partial charge in [0.1, 0.15) is 11.3 Å². The molecule has 1 saturated heterocycles. The van der Waals surface area contributed by atoms with Crippen LogP contribution in [0.4, 0.5) is 14.6 Å². The minimum absolute atomic E-state index is 0.0761. The molecule has 0 aliphatic carbocycles. The van der Waals surface area contributed by atoms with Gasteiger partial charge in [-0.1, -0.05) is 12.6 Å². The summed E-state index contributed by atoms with van der Waals surface area (Å²) in [6.07, 6.45) is 4.72. The van der Waals surface area contributed by atoms with Crippen LogP contribution in [-0.4, -0.2) is 38.7 Å². The molecular formula is C26H23F2N5O3. The van der Waals surface area contributed by atoms with Gasteiger partial charge < -0.3 is 19.9 Å². The van der Waals surface area contributed by atoms with Crippen LogP contribution in [0.1, 0.15) is 24.3 Å². The van der Waals surface area contributed by atoms with E-state index in [9.17, 15) is 18.4 Å². The Kier molecular flexibility index (Phi) is 6.01. The normalized spacial score (nSPS) is 15.7. The molecule has 1 atom stereocenters. The van der Waals surface area contributed by atoms with E-state index in [1.165, 1.54) is 18.2 Å². The van der Waals surface area contributed by atoms with E-state index in [-0.39, 0.29) is 29.0 Å². The first kappa shape index (κ1) is 23.3. The fourth-order valence-electron chi connectivity index (χ4n) is 4.67. The minimum Gasteiger partial charge on any atom is -0.454 e. The van der Waals surface area contributed by atoms with E-state index in [2.05, 4.69) is 16.8 Å². The number of carbonyl (C=O) groups is 1. The van der Waals surface area contributed by atoms with Gasteiger partial charge in [-0.05, 0) is 60.9 Å². The maximum atomic E-state index is 14.0. The van der Waals surface area contributed by atoms with Crippen molar-refractivity contribution < 1.29 is 18.3 Å². The molecular weight excluding hydrogens is 468 g/mol. The van der Waals surface area contributed by atoms with Gasteiger partial charge in [-0.15, -0.1) is 0 Å². The van der Waals surface area contributed by atoms with Crippen molar-refractivity contribution in [1.82, 2.24) is 19.7 Å². The molecule has 1 amide bonds. The smallest absolute Gasteiger partial charge is 0.274 e. The van der Waals surface area contributed by atoms with Crippen LogP contribution in [-0.2, 0) is 4.79 Å². The molecule has 1 aliphatic heterocycles. The first-order valence-corrected chi connectivity index (χ1v) is 11.4. The molecule has 1 aliphatic rings. The summed E-state index contributed by atoms with van der Waals surface area (Å²) >= 11 is 0. The van der Waals surface area contributed by atoms with E-state index in [0.717, 1.165) is 24.5 Å². The number of anilines is 1. The Morgan fingerprint density at radius 2 is 2.00 bits per heavy atom. The van der Waals surface area contributed by atoms with Crippen LogP contribution in [0.2, 0.25) is 0 Å². The largest absolute Gasteiger partial charge is 0.454 e. The molecule has 0 bridgehead atoms. The number of nitrogens with one attached hydrogen (secondary N) is 1. The predicted molar refractivity (Wildman–Crippen MR) is 131 cm³/mol. The lowest BCUT2D eigenvalue weighted by Crippen LogP contribution is -2.38. The molecule has 4 aromatic rings. The summed E-state index contributed by atoms with van der Waals surface area (Å²) in [7, 11) is 0. The summed E-state index contributed by atoms with van der Waals surface area (Å²) in [6.45, 7) is 4.66. The maximum Gasteiger partial charge on any atom is 0.274 e. The number of ether oxygens (including phenoxy) is 1. The first-order valence-electron chi connectivity index (χ1n) is 11.4. The second kappa shape index (κ2) is 9.29. The number of nitrogen functional groups attached to an aromatic ring is 1. The van der Waals surface area contributed by atoms with Gasteiger partial charge in [-0.2, -0.15) is 9.49 Å². The summed E-state index contributed by atoms with van der Waals surface area (Å²) in [5, 5.41) is 6.81. The van der Waals surface area contributed by atoms with Gasteiger partial charge in [0.05, 0.1) is 5.39 Å². The molecule has 184 valence electrons. The summed E-state index contributed by atoms with van der Waals surface area (Å²) < 4.78 is 34.7. The third kappa shape index (κ3) is 4.10. The number of halogens is 2. The Balaban J connectivity index is 1.54. The number of rotatable bonds is 5. The standard InChI is InChI=1S/C26H23F2N5O3/c1-2-21(34)32-12-4-5-15(13-32)18-14-33(24-22(18)26(35)31-30-25(24)29)16-8-10-17(11-9-16)36-20-7-3-6-19(27)23(20)28/h2-3,6-11,14-15H,1,4-5,12-13H2,(H2,29,30)(H,31,35). The van der Waals surface area contributed by atoms with E-state index in [1.807, 2.05) is 6.20 Å². The SMILES string of the molecule is C=CC(=O)N1CCCC(c2cn(-c3ccc(Oc4cccc(F)c4F)cc3)c3c(N)n[nH]c(=O)c23)C1. The number of nitrogens with zero attached hydrogens (tertiary/aromatic N) is 3. The number of fused-ring (bicyclic) bond motifs is 1. The third-order valence-electron chi connectivity index (χ3n) is 6.39. The third-order valence-corrected chi connectivity index (χ3v) is 6.39. The summed E-state index contributed by atoms with van der Waals surface area (Å²) in [5.41, 5.74) is 7.69. The zero-order valence-corrected chi connectivity index (χ0v) is 19.2. The number of nitrogens with two attached hydrogens (primary N) is 1. The van der Waals surface area contributed by atoms with Gasteiger partial charge in [0.25, 0.3) is 5.56 Å². The average molecular weight is 491 g/mol. The summed E-state index contributed by atoms with van der Waals surface area (Å²) in [5.74, 6) is -2.08. The highest BCUT2D eigenvalue weighted by Crippen LogP contribution is 2.35. The van der Waals surface area contributed by atoms with Crippen LogP contribution >= 0.6 is 0 Å². The maximum absolute atomic E-state index is 14.0. The second-order valence-electron chi connectivity index (χ2n) is 8.59. The number of likely N-dealkylation sites (tertiary alicyclic amines) is 1. The van der Waals surface area contributed by atoms with E-state index in [0.29, 0.717) is 35.4 Å². The predicted octanol–water partition coefficient (Wildman–Crippen LogP) is 4.26. The molecule has 8 nitrogen and oxygen atoms in total. The lowest BCUT2D eigenvalue weighted by atomic mass is 9.90. The molecule has 0 spiro atoms. The molecule has 5 rings (SSSR count). The summed E-state index contributed by atoms with van der Waals surface area (Å²) in [4.78, 5) is 26.8. The minimum atomic E-state index is -1.07. The van der Waals surface area contributed by atoms with Gasteiger partial charge in [-0.25, -0.2) is 9.49 Å². The van der Waals surface area contributed by atoms with Gasteiger partial charge >= 0.3 is 0 Å². The zero-order valence-electron chi connectivity index (χ0n) is 19.2. The number of carbonyl (C=O) groups excluding carboxylic acids is 1. The first-order chi connectivity index (χ1) is 17.4. The molecule has 3 N–H and O–H groups in total. The number of hydrogen-bond donors (Lipinski definition) is 2. The lowest BCUT2D eigenvalue weighted by Gasteiger charge is -2.32. The highest BCUT2D eigenvalue weighted by Gasteiger charge is 2.28. The number of piperidine rings is 1. The van der Waals surface area contributed by atoms with E-state index in [4.69, 9.17) is 10.5 Å². The van der Waals surface area contributed by atoms with Crippen LogP contribution in [0.5, 0.6) is 11.5 Å². The molecule has 2 aromatic heterocycles. The van der Waals surface area contributed by atoms with E-state index >= 15 is 0 Å². The van der Waals surface area contributed by atoms with Crippen LogP contribution < -0.4 is 16.0 Å². The average Bonchev–Trinajstić information content (AvgIpc) is 3.31. The lowest BCUT2D eigenvalue weighted by molar-refractivity contribution is -0.127. The van der Waals surface area contributed by atoms with Crippen molar-refractivity contribution in [1.29, 1.82) is 0 Å². The van der Waals surface area contributed by atoms with E-state index in [1.54, 1.807) is 33.7 Å². The molecule has 10 heteroatoms. The van der Waals surface area contributed by atoms with Crippen LogP contribution in [0.15, 0.2) is 66.1 Å². The monoisotopic (exact) mass is 491 g/mol. The van der Waals surface area contributed by atoms with Crippen molar-refractivity contribution in [3.63, 3.8) is 0 Å². The van der Waals surface area contributed by atoms with Gasteiger partial charge in [-0.3, -0.25) is 9.59 Å². The number of benzene rings is 2. The van der Waals surface area contributed by atoms with Gasteiger partial charge in [0.15, 0.2) is 17.4 Å². The zero-order chi connectivity index (χ0) is 25.4. The van der Waals surface area contributed by atoms with Crippen molar-refractivity contribution in [3.05, 3.63) is 88.9 Å². The van der Waals surface area contributed by atoms with Crippen molar-refractivity contribution in [2.45, 2.75) is 18.8 Å². The Bertz CT molecular complexity index is 1530. The molecule has 0 radical (unpaired) electrons. The number of amides is 1. The molecule has 1 unspecified atom stereocenters. The fourth-order valence-corrected chi connectivity index (χ4v) is 4.67. The topological polar surface area (TPSA) is 106 Å². The molecule has 2 aromatic carbocycles. The Morgan fingerprint density at radius 3 is 2.75 bits per heavy atom. The van der Waals surface area contributed by atoms with Crippen molar-refractivity contribution in [2.24, 2.45) is 0 Å². The molecule has 0 saturated carbocycles. The quantitative estimate of drug-likeness (QED) is 0.406. The van der Waals surface area contributed by atoms with Crippen LogP contribution in [0, 0.1) is 11.6 Å². The Morgan fingerprint density at radius 1 is 1.22 bits per heavy atom. The van der Waals surface area contributed by atoms with Gasteiger partial charge in [0.2, 0.25) is 11.7 Å². The van der Waals surface area contributed by atoms with Crippen LogP contribution in [0.25, 0.3) is 16.6 Å². The number of aromatic nitrogens is 3.